The summed E-state index contributed by atoms with van der Waals surface area (Å²) in [6.07, 6.45) is 14.8. The van der Waals surface area contributed by atoms with Crippen LogP contribution in [0.3, 0.4) is 0 Å². The Morgan fingerprint density at radius 2 is 2.00 bits per heavy atom. The first kappa shape index (κ1) is 14.5. The molecule has 0 aromatic heterocycles. The molecule has 1 saturated heterocycles. The van der Waals surface area contributed by atoms with Crippen molar-refractivity contribution in [3.05, 3.63) is 0 Å². The van der Waals surface area contributed by atoms with Crippen LogP contribution in [-0.4, -0.2) is 36.1 Å². The fourth-order valence-electron chi connectivity index (χ4n) is 6.19. The Bertz CT molecular complexity index is 361. The van der Waals surface area contributed by atoms with Gasteiger partial charge in [-0.25, -0.2) is 0 Å². The van der Waals surface area contributed by atoms with Gasteiger partial charge in [0, 0.05) is 31.2 Å². The van der Waals surface area contributed by atoms with Crippen LogP contribution in [0.15, 0.2) is 0 Å². The van der Waals surface area contributed by atoms with Gasteiger partial charge in [-0.3, -0.25) is 4.90 Å². The van der Waals surface area contributed by atoms with Crippen LogP contribution in [0.5, 0.6) is 0 Å². The summed E-state index contributed by atoms with van der Waals surface area (Å²) in [5, 5.41) is 3.90. The number of piperazine rings is 1. The number of fused-ring (bicyclic) bond motifs is 2. The molecule has 4 fully saturated rings. The average molecular weight is 290 g/mol. The molecule has 21 heavy (non-hydrogen) atoms. The van der Waals surface area contributed by atoms with E-state index in [-0.39, 0.29) is 0 Å². The van der Waals surface area contributed by atoms with E-state index >= 15 is 0 Å². The number of hydrogen-bond acceptors (Lipinski definition) is 2. The maximum Gasteiger partial charge on any atom is 0.0334 e. The molecule has 120 valence electrons. The van der Waals surface area contributed by atoms with E-state index in [1.54, 1.807) is 25.7 Å². The summed E-state index contributed by atoms with van der Waals surface area (Å²) in [6, 6.07) is 0.764. The summed E-state index contributed by atoms with van der Waals surface area (Å²) in [5.41, 5.74) is 0.548. The highest BCUT2D eigenvalue weighted by Gasteiger charge is 2.46. The molecule has 0 aromatic carbocycles. The molecule has 4 aliphatic rings. The maximum atomic E-state index is 3.90. The maximum absolute atomic E-state index is 3.90. The molecular weight excluding hydrogens is 256 g/mol. The topological polar surface area (TPSA) is 15.3 Å². The van der Waals surface area contributed by atoms with Crippen LogP contribution in [0.25, 0.3) is 0 Å². The van der Waals surface area contributed by atoms with Gasteiger partial charge in [-0.2, -0.15) is 0 Å². The van der Waals surface area contributed by atoms with Gasteiger partial charge in [-0.1, -0.05) is 32.6 Å². The lowest BCUT2D eigenvalue weighted by Gasteiger charge is -2.50. The Kier molecular flexibility index (Phi) is 4.04. The first-order chi connectivity index (χ1) is 10.3. The largest absolute Gasteiger partial charge is 0.311 e. The summed E-state index contributed by atoms with van der Waals surface area (Å²) >= 11 is 0. The predicted octanol–water partition coefficient (Wildman–Crippen LogP) is 3.81. The highest BCUT2D eigenvalue weighted by Crippen LogP contribution is 2.49. The monoisotopic (exact) mass is 290 g/mol. The summed E-state index contributed by atoms with van der Waals surface area (Å²) in [5.74, 6) is 3.24. The van der Waals surface area contributed by atoms with Gasteiger partial charge in [0.2, 0.25) is 0 Å². The molecule has 2 bridgehead atoms. The van der Waals surface area contributed by atoms with E-state index in [4.69, 9.17) is 0 Å². The van der Waals surface area contributed by atoms with Crippen LogP contribution < -0.4 is 5.32 Å². The number of nitrogens with one attached hydrogen (secondary N) is 1. The van der Waals surface area contributed by atoms with Crippen LogP contribution >= 0.6 is 0 Å². The first-order valence-electron chi connectivity index (χ1n) is 9.77. The second-order valence-corrected chi connectivity index (χ2v) is 8.64. The molecule has 4 rings (SSSR count). The zero-order chi connectivity index (χ0) is 14.3. The van der Waals surface area contributed by atoms with Crippen molar-refractivity contribution >= 4 is 0 Å². The summed E-state index contributed by atoms with van der Waals surface area (Å²) in [4.78, 5) is 2.99. The Hall–Kier alpha value is -0.0800. The second-order valence-electron chi connectivity index (χ2n) is 8.64. The second kappa shape index (κ2) is 5.85. The van der Waals surface area contributed by atoms with E-state index in [0.29, 0.717) is 5.54 Å². The molecule has 1 heterocycles. The Morgan fingerprint density at radius 3 is 2.67 bits per heavy atom. The zero-order valence-corrected chi connectivity index (χ0v) is 13.9. The lowest BCUT2D eigenvalue weighted by atomic mass is 9.84. The van der Waals surface area contributed by atoms with Gasteiger partial charge < -0.3 is 5.32 Å². The van der Waals surface area contributed by atoms with E-state index in [1.165, 1.54) is 58.2 Å². The first-order valence-corrected chi connectivity index (χ1v) is 9.77. The van der Waals surface area contributed by atoms with Crippen molar-refractivity contribution in [1.29, 1.82) is 0 Å². The zero-order valence-electron chi connectivity index (χ0n) is 13.9. The van der Waals surface area contributed by atoms with Crippen molar-refractivity contribution in [1.82, 2.24) is 10.2 Å². The molecular formula is C19H34N2. The SMILES string of the molecule is CCCC1CN(CC2CC3CCC2C3)C2(CCCC2)CN1. The van der Waals surface area contributed by atoms with Crippen LogP contribution in [0, 0.1) is 17.8 Å². The van der Waals surface area contributed by atoms with Crippen molar-refractivity contribution in [2.75, 3.05) is 19.6 Å². The van der Waals surface area contributed by atoms with Gasteiger partial charge in [0.1, 0.15) is 0 Å². The van der Waals surface area contributed by atoms with Crippen LogP contribution in [0.2, 0.25) is 0 Å². The van der Waals surface area contributed by atoms with Gasteiger partial charge in [0.05, 0.1) is 0 Å². The average Bonchev–Trinajstić information content (AvgIpc) is 3.20. The third-order valence-electron chi connectivity index (χ3n) is 7.34. The van der Waals surface area contributed by atoms with Gasteiger partial charge in [0.25, 0.3) is 0 Å². The van der Waals surface area contributed by atoms with Crippen LogP contribution in [0.1, 0.15) is 71.1 Å². The quantitative estimate of drug-likeness (QED) is 0.847. The molecule has 0 radical (unpaired) electrons. The van der Waals surface area contributed by atoms with Gasteiger partial charge in [0.15, 0.2) is 0 Å². The normalized spacial score (nSPS) is 42.1. The Labute approximate surface area is 131 Å². The molecule has 4 atom stereocenters. The van der Waals surface area contributed by atoms with E-state index in [1.807, 2.05) is 0 Å². The highest BCUT2D eigenvalue weighted by molar-refractivity contribution is 5.03. The fourth-order valence-corrected chi connectivity index (χ4v) is 6.19. The summed E-state index contributed by atoms with van der Waals surface area (Å²) in [7, 11) is 0. The Balaban J connectivity index is 1.45. The fraction of sp³-hybridized carbons (Fsp3) is 1.00. The van der Waals surface area contributed by atoms with E-state index in [9.17, 15) is 0 Å². The van der Waals surface area contributed by atoms with Crippen molar-refractivity contribution in [3.8, 4) is 0 Å². The molecule has 0 amide bonds. The van der Waals surface area contributed by atoms with Gasteiger partial charge >= 0.3 is 0 Å². The van der Waals surface area contributed by atoms with Gasteiger partial charge in [-0.05, 0) is 56.3 Å². The smallest absolute Gasteiger partial charge is 0.0334 e. The number of hydrogen-bond donors (Lipinski definition) is 1. The van der Waals surface area contributed by atoms with E-state index in [2.05, 4.69) is 17.1 Å². The van der Waals surface area contributed by atoms with Crippen molar-refractivity contribution in [3.63, 3.8) is 0 Å². The third-order valence-corrected chi connectivity index (χ3v) is 7.34. The minimum Gasteiger partial charge on any atom is -0.311 e. The van der Waals surface area contributed by atoms with Crippen LogP contribution in [0.4, 0.5) is 0 Å². The molecule has 2 heteroatoms. The minimum atomic E-state index is 0.548. The predicted molar refractivity (Wildman–Crippen MR) is 88.4 cm³/mol. The molecule has 4 unspecified atom stereocenters. The Morgan fingerprint density at radius 1 is 1.14 bits per heavy atom. The molecule has 0 aromatic rings. The van der Waals surface area contributed by atoms with Crippen molar-refractivity contribution < 1.29 is 0 Å². The highest BCUT2D eigenvalue weighted by atomic mass is 15.3. The lowest BCUT2D eigenvalue weighted by Crippen LogP contribution is -2.64. The van der Waals surface area contributed by atoms with Crippen LogP contribution in [-0.2, 0) is 0 Å². The van der Waals surface area contributed by atoms with E-state index < -0.39 is 0 Å². The number of rotatable bonds is 4. The molecule has 1 spiro atoms. The van der Waals surface area contributed by atoms with Crippen molar-refractivity contribution in [2.45, 2.75) is 82.7 Å². The standard InChI is InChI=1S/C19H34N2/c1-2-5-18-13-21(19(14-20-18)8-3-4-9-19)12-17-11-15-6-7-16(17)10-15/h15-18,20H,2-14H2,1H3. The van der Waals surface area contributed by atoms with E-state index in [0.717, 1.165) is 23.8 Å². The molecule has 3 saturated carbocycles. The third kappa shape index (κ3) is 2.67. The number of nitrogens with zero attached hydrogens (tertiary/aromatic N) is 1. The lowest BCUT2D eigenvalue weighted by molar-refractivity contribution is 0.0197. The molecule has 1 N–H and O–H groups in total. The molecule has 3 aliphatic carbocycles. The summed E-state index contributed by atoms with van der Waals surface area (Å²) < 4.78 is 0. The molecule has 1 aliphatic heterocycles. The minimum absolute atomic E-state index is 0.548. The van der Waals surface area contributed by atoms with Crippen molar-refractivity contribution in [2.24, 2.45) is 17.8 Å². The summed E-state index contributed by atoms with van der Waals surface area (Å²) in [6.45, 7) is 6.38. The van der Waals surface area contributed by atoms with Gasteiger partial charge in [-0.15, -0.1) is 0 Å². The molecule has 2 nitrogen and oxygen atoms in total.